The average molecular weight is 182 g/mol. The van der Waals surface area contributed by atoms with E-state index in [9.17, 15) is 0 Å². The van der Waals surface area contributed by atoms with E-state index in [1.54, 1.807) is 0 Å². The fraction of sp³-hybridized carbons (Fsp3) is 1.00. The molecule has 0 saturated heterocycles. The van der Waals surface area contributed by atoms with E-state index in [1.807, 2.05) is 0 Å². The van der Waals surface area contributed by atoms with Crippen molar-refractivity contribution in [2.75, 3.05) is 0 Å². The fourth-order valence-corrected chi connectivity index (χ4v) is 3.38. The standard InChI is InChI=1S/C13H26/c1-11(2)13(12(3,4)5)9-7-6-8-10-13/h11H,6-10H2,1-5H3. The van der Waals surface area contributed by atoms with Gasteiger partial charge in [0.05, 0.1) is 0 Å². The molecule has 0 spiro atoms. The zero-order valence-corrected chi connectivity index (χ0v) is 10.1. The molecule has 78 valence electrons. The van der Waals surface area contributed by atoms with Crippen LogP contribution in [0.1, 0.15) is 66.7 Å². The Kier molecular flexibility index (Phi) is 3.09. The molecule has 1 fully saturated rings. The van der Waals surface area contributed by atoms with Crippen molar-refractivity contribution in [2.24, 2.45) is 16.7 Å². The van der Waals surface area contributed by atoms with Gasteiger partial charge in [0.2, 0.25) is 0 Å². The first-order valence-electron chi connectivity index (χ1n) is 5.90. The van der Waals surface area contributed by atoms with Crippen molar-refractivity contribution < 1.29 is 0 Å². The molecule has 0 heterocycles. The monoisotopic (exact) mass is 182 g/mol. The van der Waals surface area contributed by atoms with E-state index in [4.69, 9.17) is 0 Å². The van der Waals surface area contributed by atoms with E-state index in [0.717, 1.165) is 5.92 Å². The van der Waals surface area contributed by atoms with Crippen LogP contribution in [0.4, 0.5) is 0 Å². The molecule has 0 nitrogen and oxygen atoms in total. The summed E-state index contributed by atoms with van der Waals surface area (Å²) in [6.45, 7) is 12.1. The van der Waals surface area contributed by atoms with Gasteiger partial charge >= 0.3 is 0 Å². The molecule has 0 aromatic rings. The number of rotatable bonds is 1. The third kappa shape index (κ3) is 1.92. The molecule has 13 heavy (non-hydrogen) atoms. The average Bonchev–Trinajstić information content (AvgIpc) is 2.03. The maximum atomic E-state index is 2.43. The lowest BCUT2D eigenvalue weighted by Gasteiger charge is -2.51. The van der Waals surface area contributed by atoms with Crippen LogP contribution in [0.5, 0.6) is 0 Å². The van der Waals surface area contributed by atoms with Gasteiger partial charge in [-0.1, -0.05) is 53.9 Å². The van der Waals surface area contributed by atoms with Crippen LogP contribution >= 0.6 is 0 Å². The summed E-state index contributed by atoms with van der Waals surface area (Å²) >= 11 is 0. The molecule has 0 heteroatoms. The Morgan fingerprint density at radius 2 is 1.38 bits per heavy atom. The molecule has 0 N–H and O–H groups in total. The van der Waals surface area contributed by atoms with Crippen molar-refractivity contribution in [3.05, 3.63) is 0 Å². The van der Waals surface area contributed by atoms with E-state index >= 15 is 0 Å². The van der Waals surface area contributed by atoms with Gasteiger partial charge in [-0.25, -0.2) is 0 Å². The van der Waals surface area contributed by atoms with Gasteiger partial charge in [0.15, 0.2) is 0 Å². The first-order chi connectivity index (χ1) is 5.90. The van der Waals surface area contributed by atoms with Crippen molar-refractivity contribution in [3.63, 3.8) is 0 Å². The second-order valence-corrected chi connectivity index (χ2v) is 6.12. The molecular formula is C13H26. The summed E-state index contributed by atoms with van der Waals surface area (Å²) in [6.07, 6.45) is 7.28. The van der Waals surface area contributed by atoms with Crippen LogP contribution in [0.15, 0.2) is 0 Å². The minimum atomic E-state index is 0.488. The molecule has 0 aromatic carbocycles. The van der Waals surface area contributed by atoms with Crippen LogP contribution < -0.4 is 0 Å². The highest BCUT2D eigenvalue weighted by Crippen LogP contribution is 2.54. The molecule has 0 bridgehead atoms. The molecule has 0 amide bonds. The van der Waals surface area contributed by atoms with Crippen molar-refractivity contribution in [1.29, 1.82) is 0 Å². The minimum absolute atomic E-state index is 0.488. The highest BCUT2D eigenvalue weighted by molar-refractivity contribution is 4.94. The molecule has 1 saturated carbocycles. The lowest BCUT2D eigenvalue weighted by atomic mass is 9.54. The zero-order valence-electron chi connectivity index (χ0n) is 10.1. The molecule has 0 aromatic heterocycles. The summed E-state index contributed by atoms with van der Waals surface area (Å²) in [5.74, 6) is 0.841. The number of hydrogen-bond acceptors (Lipinski definition) is 0. The predicted octanol–water partition coefficient (Wildman–Crippen LogP) is 4.64. The maximum Gasteiger partial charge on any atom is -0.0226 e. The molecule has 0 radical (unpaired) electrons. The van der Waals surface area contributed by atoms with Crippen LogP contribution in [0.3, 0.4) is 0 Å². The quantitative estimate of drug-likeness (QED) is 0.554. The Balaban J connectivity index is 2.86. The van der Waals surface area contributed by atoms with Gasteiger partial charge < -0.3 is 0 Å². The van der Waals surface area contributed by atoms with Gasteiger partial charge in [-0.05, 0) is 29.6 Å². The Bertz CT molecular complexity index is 153. The van der Waals surface area contributed by atoms with Crippen molar-refractivity contribution >= 4 is 0 Å². The fourth-order valence-electron chi connectivity index (χ4n) is 3.38. The van der Waals surface area contributed by atoms with Crippen LogP contribution in [-0.2, 0) is 0 Å². The lowest BCUT2D eigenvalue weighted by Crippen LogP contribution is -2.41. The normalized spacial score (nSPS) is 23.5. The van der Waals surface area contributed by atoms with E-state index in [-0.39, 0.29) is 0 Å². The Hall–Kier alpha value is 0. The Morgan fingerprint density at radius 3 is 1.62 bits per heavy atom. The van der Waals surface area contributed by atoms with Crippen LogP contribution in [0, 0.1) is 16.7 Å². The van der Waals surface area contributed by atoms with Gasteiger partial charge in [-0.2, -0.15) is 0 Å². The maximum absolute atomic E-state index is 2.43. The third-order valence-electron chi connectivity index (χ3n) is 4.34. The van der Waals surface area contributed by atoms with Crippen LogP contribution in [0.2, 0.25) is 0 Å². The van der Waals surface area contributed by atoms with Crippen LogP contribution in [0.25, 0.3) is 0 Å². The molecule has 0 unspecified atom stereocenters. The van der Waals surface area contributed by atoms with Gasteiger partial charge in [0.1, 0.15) is 0 Å². The summed E-state index contributed by atoms with van der Waals surface area (Å²) in [4.78, 5) is 0. The van der Waals surface area contributed by atoms with Crippen LogP contribution in [-0.4, -0.2) is 0 Å². The smallest absolute Gasteiger partial charge is 0.0226 e. The highest BCUT2D eigenvalue weighted by Gasteiger charge is 2.44. The third-order valence-corrected chi connectivity index (χ3v) is 4.34. The van der Waals surface area contributed by atoms with Crippen molar-refractivity contribution in [2.45, 2.75) is 66.7 Å². The highest BCUT2D eigenvalue weighted by atomic mass is 14.5. The zero-order chi connectivity index (χ0) is 10.1. The largest absolute Gasteiger partial charge is 0.0622 e. The summed E-state index contributed by atoms with van der Waals surface area (Å²) in [6, 6.07) is 0. The molecule has 1 aliphatic rings. The molecule has 1 aliphatic carbocycles. The van der Waals surface area contributed by atoms with Gasteiger partial charge in [0, 0.05) is 0 Å². The van der Waals surface area contributed by atoms with Crippen molar-refractivity contribution in [1.82, 2.24) is 0 Å². The molecule has 0 atom stereocenters. The topological polar surface area (TPSA) is 0 Å². The van der Waals surface area contributed by atoms with E-state index in [1.165, 1.54) is 32.1 Å². The summed E-state index contributed by atoms with van der Waals surface area (Å²) in [5.41, 5.74) is 1.10. The summed E-state index contributed by atoms with van der Waals surface area (Å²) in [7, 11) is 0. The van der Waals surface area contributed by atoms with Gasteiger partial charge in [0.25, 0.3) is 0 Å². The van der Waals surface area contributed by atoms with Gasteiger partial charge in [-0.15, -0.1) is 0 Å². The first-order valence-corrected chi connectivity index (χ1v) is 5.90. The second kappa shape index (κ2) is 3.63. The molecular weight excluding hydrogens is 156 g/mol. The number of hydrogen-bond donors (Lipinski definition) is 0. The molecule has 0 aliphatic heterocycles. The second-order valence-electron chi connectivity index (χ2n) is 6.12. The predicted molar refractivity (Wildman–Crippen MR) is 59.8 cm³/mol. The SMILES string of the molecule is CC(C)C1(C(C)(C)C)CCCCC1. The Morgan fingerprint density at radius 1 is 0.923 bits per heavy atom. The van der Waals surface area contributed by atoms with E-state index in [2.05, 4.69) is 34.6 Å². The minimum Gasteiger partial charge on any atom is -0.0622 e. The van der Waals surface area contributed by atoms with E-state index in [0.29, 0.717) is 10.8 Å². The van der Waals surface area contributed by atoms with Crippen molar-refractivity contribution in [3.8, 4) is 0 Å². The summed E-state index contributed by atoms with van der Waals surface area (Å²) in [5, 5.41) is 0. The van der Waals surface area contributed by atoms with Gasteiger partial charge in [-0.3, -0.25) is 0 Å². The Labute approximate surface area is 84.1 Å². The van der Waals surface area contributed by atoms with E-state index < -0.39 is 0 Å². The molecule has 1 rings (SSSR count). The first kappa shape index (κ1) is 11.1. The summed E-state index contributed by atoms with van der Waals surface area (Å²) < 4.78 is 0. The lowest BCUT2D eigenvalue weighted by molar-refractivity contribution is -0.00866.